The van der Waals surface area contributed by atoms with Crippen LogP contribution in [0.3, 0.4) is 0 Å². The number of hydrogen-bond donors (Lipinski definition) is 2. The molecule has 0 aromatic rings. The predicted molar refractivity (Wildman–Crippen MR) is 61.6 cm³/mol. The van der Waals surface area contributed by atoms with Gasteiger partial charge in [0.05, 0.1) is 18.8 Å². The van der Waals surface area contributed by atoms with Crippen LogP contribution in [0.1, 0.15) is 40.0 Å². The van der Waals surface area contributed by atoms with Crippen LogP contribution in [-0.2, 0) is 4.74 Å². The largest absolute Gasteiger partial charge is 0.394 e. The number of hydrogen-bond acceptors (Lipinski definition) is 3. The first-order valence-corrected chi connectivity index (χ1v) is 6.06. The van der Waals surface area contributed by atoms with E-state index in [0.717, 1.165) is 24.7 Å². The average molecular weight is 215 g/mol. The third kappa shape index (κ3) is 3.74. The zero-order valence-electron chi connectivity index (χ0n) is 10.1. The van der Waals surface area contributed by atoms with Gasteiger partial charge in [-0.15, -0.1) is 0 Å². The highest BCUT2D eigenvalue weighted by Gasteiger charge is 2.27. The van der Waals surface area contributed by atoms with Crippen molar-refractivity contribution in [2.75, 3.05) is 6.61 Å². The third-order valence-electron chi connectivity index (χ3n) is 3.68. The lowest BCUT2D eigenvalue weighted by atomic mass is 9.80. The summed E-state index contributed by atoms with van der Waals surface area (Å²) < 4.78 is 5.85. The zero-order valence-corrected chi connectivity index (χ0v) is 10.1. The fraction of sp³-hybridized carbons (Fsp3) is 1.00. The number of rotatable bonds is 4. The van der Waals surface area contributed by atoms with Gasteiger partial charge in [-0.25, -0.2) is 0 Å². The van der Waals surface area contributed by atoms with E-state index in [1.54, 1.807) is 0 Å². The van der Waals surface area contributed by atoms with Crippen LogP contribution in [0.5, 0.6) is 0 Å². The number of aliphatic hydroxyl groups excluding tert-OH is 1. The van der Waals surface area contributed by atoms with E-state index in [2.05, 4.69) is 13.8 Å². The molecule has 90 valence electrons. The lowest BCUT2D eigenvalue weighted by Crippen LogP contribution is -2.41. The molecule has 0 aliphatic heterocycles. The van der Waals surface area contributed by atoms with Crippen molar-refractivity contribution in [3.8, 4) is 0 Å². The second-order valence-corrected chi connectivity index (χ2v) is 5.11. The Kier molecular flexibility index (Phi) is 5.03. The van der Waals surface area contributed by atoms with Gasteiger partial charge in [0.25, 0.3) is 0 Å². The van der Waals surface area contributed by atoms with Crippen LogP contribution < -0.4 is 5.73 Å². The molecule has 5 unspecified atom stereocenters. The van der Waals surface area contributed by atoms with Crippen molar-refractivity contribution in [3.63, 3.8) is 0 Å². The fourth-order valence-corrected chi connectivity index (χ4v) is 2.20. The highest BCUT2D eigenvalue weighted by molar-refractivity contribution is 4.78. The quantitative estimate of drug-likeness (QED) is 0.748. The standard InChI is InChI=1S/C12H25NO2/c1-8-4-5-11(6-9(8)2)15-12(7-14)10(3)13/h8-12,14H,4-7,13H2,1-3H3. The Morgan fingerprint density at radius 1 is 1.33 bits per heavy atom. The fourth-order valence-electron chi connectivity index (χ4n) is 2.20. The Morgan fingerprint density at radius 2 is 2.00 bits per heavy atom. The number of nitrogens with two attached hydrogens (primary N) is 1. The summed E-state index contributed by atoms with van der Waals surface area (Å²) in [6, 6.07) is -0.0929. The number of ether oxygens (including phenoxy) is 1. The molecule has 0 amide bonds. The van der Waals surface area contributed by atoms with Gasteiger partial charge >= 0.3 is 0 Å². The molecule has 0 aromatic carbocycles. The van der Waals surface area contributed by atoms with Crippen LogP contribution in [0, 0.1) is 11.8 Å². The van der Waals surface area contributed by atoms with Gasteiger partial charge in [0, 0.05) is 6.04 Å². The molecule has 5 atom stereocenters. The average Bonchev–Trinajstić information content (AvgIpc) is 2.19. The summed E-state index contributed by atoms with van der Waals surface area (Å²) in [7, 11) is 0. The summed E-state index contributed by atoms with van der Waals surface area (Å²) in [5.41, 5.74) is 5.74. The minimum Gasteiger partial charge on any atom is -0.394 e. The summed E-state index contributed by atoms with van der Waals surface area (Å²) in [6.45, 7) is 6.49. The van der Waals surface area contributed by atoms with Gasteiger partial charge in [-0.1, -0.05) is 13.8 Å². The van der Waals surface area contributed by atoms with Gasteiger partial charge in [-0.05, 0) is 38.0 Å². The topological polar surface area (TPSA) is 55.5 Å². The van der Waals surface area contributed by atoms with Crippen molar-refractivity contribution in [1.82, 2.24) is 0 Å². The summed E-state index contributed by atoms with van der Waals surface area (Å²) >= 11 is 0. The molecular weight excluding hydrogens is 190 g/mol. The zero-order chi connectivity index (χ0) is 11.4. The Bertz CT molecular complexity index is 184. The van der Waals surface area contributed by atoms with Crippen LogP contribution >= 0.6 is 0 Å². The summed E-state index contributed by atoms with van der Waals surface area (Å²) in [5, 5.41) is 9.14. The van der Waals surface area contributed by atoms with Crippen molar-refractivity contribution in [3.05, 3.63) is 0 Å². The van der Waals surface area contributed by atoms with E-state index in [9.17, 15) is 0 Å². The van der Waals surface area contributed by atoms with E-state index < -0.39 is 0 Å². The second-order valence-electron chi connectivity index (χ2n) is 5.11. The van der Waals surface area contributed by atoms with E-state index in [4.69, 9.17) is 15.6 Å². The van der Waals surface area contributed by atoms with Crippen molar-refractivity contribution in [2.45, 2.75) is 58.3 Å². The molecular formula is C12H25NO2. The molecule has 0 radical (unpaired) electrons. The first-order valence-electron chi connectivity index (χ1n) is 6.06. The molecule has 3 N–H and O–H groups in total. The molecule has 15 heavy (non-hydrogen) atoms. The molecule has 1 fully saturated rings. The van der Waals surface area contributed by atoms with Crippen LogP contribution in [-0.4, -0.2) is 30.0 Å². The molecule has 0 spiro atoms. The van der Waals surface area contributed by atoms with Crippen molar-refractivity contribution in [1.29, 1.82) is 0 Å². The van der Waals surface area contributed by atoms with Crippen LogP contribution in [0.15, 0.2) is 0 Å². The molecule has 3 heteroatoms. The van der Waals surface area contributed by atoms with Crippen LogP contribution in [0.25, 0.3) is 0 Å². The first-order chi connectivity index (χ1) is 7.04. The monoisotopic (exact) mass is 215 g/mol. The number of aliphatic hydroxyl groups is 1. The van der Waals surface area contributed by atoms with Crippen molar-refractivity contribution in [2.24, 2.45) is 17.6 Å². The Morgan fingerprint density at radius 3 is 2.47 bits per heavy atom. The van der Waals surface area contributed by atoms with Gasteiger partial charge in [-0.2, -0.15) is 0 Å². The van der Waals surface area contributed by atoms with Crippen LogP contribution in [0.2, 0.25) is 0 Å². The van der Waals surface area contributed by atoms with Crippen molar-refractivity contribution < 1.29 is 9.84 Å². The molecule has 0 bridgehead atoms. The second kappa shape index (κ2) is 5.83. The van der Waals surface area contributed by atoms with Gasteiger partial charge in [0.1, 0.15) is 0 Å². The maximum Gasteiger partial charge on any atom is 0.0957 e. The summed E-state index contributed by atoms with van der Waals surface area (Å²) in [5.74, 6) is 1.52. The minimum atomic E-state index is -0.199. The summed E-state index contributed by atoms with van der Waals surface area (Å²) in [4.78, 5) is 0. The molecule has 1 aliphatic rings. The lowest BCUT2D eigenvalue weighted by Gasteiger charge is -2.34. The lowest BCUT2D eigenvalue weighted by molar-refractivity contribution is -0.0742. The van der Waals surface area contributed by atoms with E-state index in [0.29, 0.717) is 6.10 Å². The SMILES string of the molecule is CC(N)C(CO)OC1CCC(C)C(C)C1. The maximum absolute atomic E-state index is 9.14. The molecule has 1 saturated carbocycles. The van der Waals surface area contributed by atoms with E-state index in [-0.39, 0.29) is 18.8 Å². The highest BCUT2D eigenvalue weighted by atomic mass is 16.5. The molecule has 1 rings (SSSR count). The van der Waals surface area contributed by atoms with E-state index in [1.165, 1.54) is 6.42 Å². The maximum atomic E-state index is 9.14. The van der Waals surface area contributed by atoms with E-state index in [1.807, 2.05) is 6.92 Å². The summed E-state index contributed by atoms with van der Waals surface area (Å²) in [6.07, 6.45) is 3.53. The third-order valence-corrected chi connectivity index (χ3v) is 3.68. The molecule has 0 heterocycles. The molecule has 0 aromatic heterocycles. The Balaban J connectivity index is 2.38. The van der Waals surface area contributed by atoms with Crippen molar-refractivity contribution >= 4 is 0 Å². The molecule has 3 nitrogen and oxygen atoms in total. The van der Waals surface area contributed by atoms with Crippen LogP contribution in [0.4, 0.5) is 0 Å². The first kappa shape index (κ1) is 12.9. The highest BCUT2D eigenvalue weighted by Crippen LogP contribution is 2.31. The normalized spacial score (nSPS) is 36.2. The molecule has 0 saturated heterocycles. The van der Waals surface area contributed by atoms with E-state index >= 15 is 0 Å². The Labute approximate surface area is 93.0 Å². The van der Waals surface area contributed by atoms with Gasteiger partial charge < -0.3 is 15.6 Å². The van der Waals surface area contributed by atoms with Gasteiger partial charge in [0.15, 0.2) is 0 Å². The predicted octanol–water partition coefficient (Wildman–Crippen LogP) is 1.54. The molecule has 1 aliphatic carbocycles. The Hall–Kier alpha value is -0.120. The van der Waals surface area contributed by atoms with Gasteiger partial charge in [-0.3, -0.25) is 0 Å². The van der Waals surface area contributed by atoms with Gasteiger partial charge in [0.2, 0.25) is 0 Å². The smallest absolute Gasteiger partial charge is 0.0957 e. The minimum absolute atomic E-state index is 0.0259.